The van der Waals surface area contributed by atoms with E-state index in [4.69, 9.17) is 5.73 Å². The molecule has 0 spiro atoms. The van der Waals surface area contributed by atoms with Crippen LogP contribution in [0.15, 0.2) is 18.2 Å². The summed E-state index contributed by atoms with van der Waals surface area (Å²) in [5, 5.41) is 0. The average Bonchev–Trinajstić information content (AvgIpc) is 2.32. The third-order valence-electron chi connectivity index (χ3n) is 2.50. The molecule has 1 aromatic rings. The molecule has 3 nitrogen and oxygen atoms in total. The van der Waals surface area contributed by atoms with Crippen LogP contribution in [-0.2, 0) is 9.53 Å². The summed E-state index contributed by atoms with van der Waals surface area (Å²) in [6.07, 6.45) is 1.33. The van der Waals surface area contributed by atoms with Gasteiger partial charge in [0.15, 0.2) is 11.6 Å². The molecule has 0 saturated heterocycles. The third kappa shape index (κ3) is 4.11. The van der Waals surface area contributed by atoms with Gasteiger partial charge in [-0.05, 0) is 30.5 Å². The second-order valence-electron chi connectivity index (χ2n) is 3.75. The van der Waals surface area contributed by atoms with Crippen LogP contribution in [0.1, 0.15) is 30.9 Å². The zero-order valence-corrected chi connectivity index (χ0v) is 9.58. The van der Waals surface area contributed by atoms with E-state index >= 15 is 0 Å². The predicted molar refractivity (Wildman–Crippen MR) is 59.2 cm³/mol. The molecule has 0 amide bonds. The Kier molecular flexibility index (Phi) is 5.03. The van der Waals surface area contributed by atoms with E-state index in [-0.39, 0.29) is 12.4 Å². The monoisotopic (exact) mass is 243 g/mol. The Morgan fingerprint density at radius 2 is 2.12 bits per heavy atom. The van der Waals surface area contributed by atoms with Gasteiger partial charge in [0.05, 0.1) is 7.11 Å². The maximum atomic E-state index is 12.9. The van der Waals surface area contributed by atoms with E-state index in [1.165, 1.54) is 13.2 Å². The third-order valence-corrected chi connectivity index (χ3v) is 2.50. The molecule has 1 rings (SSSR count). The number of carbonyl (C=O) groups is 1. The first-order valence-corrected chi connectivity index (χ1v) is 5.32. The summed E-state index contributed by atoms with van der Waals surface area (Å²) in [7, 11) is 1.32. The molecular formula is C12H15F2NO2. The van der Waals surface area contributed by atoms with E-state index in [1.54, 1.807) is 0 Å². The van der Waals surface area contributed by atoms with Crippen molar-refractivity contribution in [2.45, 2.75) is 25.3 Å². The van der Waals surface area contributed by atoms with Crippen LogP contribution >= 0.6 is 0 Å². The highest BCUT2D eigenvalue weighted by atomic mass is 19.2. The lowest BCUT2D eigenvalue weighted by molar-refractivity contribution is -0.140. The Labute approximate surface area is 98.6 Å². The Morgan fingerprint density at radius 3 is 2.71 bits per heavy atom. The van der Waals surface area contributed by atoms with Gasteiger partial charge in [0, 0.05) is 12.5 Å². The molecule has 0 saturated carbocycles. The molecule has 0 bridgehead atoms. The second kappa shape index (κ2) is 6.30. The summed E-state index contributed by atoms with van der Waals surface area (Å²) in [4.78, 5) is 10.9. The summed E-state index contributed by atoms with van der Waals surface area (Å²) >= 11 is 0. The van der Waals surface area contributed by atoms with Crippen molar-refractivity contribution in [3.8, 4) is 0 Å². The number of benzene rings is 1. The Balaban J connectivity index is 2.49. The van der Waals surface area contributed by atoms with Gasteiger partial charge in [-0.15, -0.1) is 0 Å². The summed E-state index contributed by atoms with van der Waals surface area (Å²) in [5.74, 6) is -2.11. The predicted octanol–water partition coefficient (Wildman–Crippen LogP) is 2.31. The smallest absolute Gasteiger partial charge is 0.305 e. The van der Waals surface area contributed by atoms with Crippen molar-refractivity contribution in [1.82, 2.24) is 0 Å². The Hall–Kier alpha value is -1.49. The average molecular weight is 243 g/mol. The number of halogens is 2. The van der Waals surface area contributed by atoms with Crippen molar-refractivity contribution in [1.29, 1.82) is 0 Å². The first-order valence-electron chi connectivity index (χ1n) is 5.32. The molecule has 5 heteroatoms. The van der Waals surface area contributed by atoms with Crippen molar-refractivity contribution in [2.24, 2.45) is 5.73 Å². The van der Waals surface area contributed by atoms with E-state index in [9.17, 15) is 13.6 Å². The van der Waals surface area contributed by atoms with Gasteiger partial charge in [-0.25, -0.2) is 8.78 Å². The quantitative estimate of drug-likeness (QED) is 0.807. The highest BCUT2D eigenvalue weighted by molar-refractivity contribution is 5.68. The van der Waals surface area contributed by atoms with Crippen molar-refractivity contribution >= 4 is 5.97 Å². The molecule has 0 heterocycles. The fourth-order valence-corrected chi connectivity index (χ4v) is 1.48. The lowest BCUT2D eigenvalue weighted by Gasteiger charge is -2.11. The summed E-state index contributed by atoms with van der Waals surface area (Å²) in [6, 6.07) is 3.17. The molecule has 0 radical (unpaired) electrons. The first kappa shape index (κ1) is 13.6. The van der Waals surface area contributed by atoms with Crippen molar-refractivity contribution in [3.05, 3.63) is 35.4 Å². The number of esters is 1. The van der Waals surface area contributed by atoms with Crippen LogP contribution in [0.25, 0.3) is 0 Å². The minimum absolute atomic E-state index is 0.272. The van der Waals surface area contributed by atoms with Crippen LogP contribution < -0.4 is 5.73 Å². The standard InChI is InChI=1S/C12H15F2NO2/c1-17-12(16)4-2-3-11(15)8-5-6-9(13)10(14)7-8/h5-7,11H,2-4,15H2,1H3. The van der Waals surface area contributed by atoms with Gasteiger partial charge in [-0.1, -0.05) is 6.07 Å². The van der Waals surface area contributed by atoms with Gasteiger partial charge in [-0.2, -0.15) is 0 Å². The van der Waals surface area contributed by atoms with Crippen LogP contribution in [0.4, 0.5) is 8.78 Å². The Morgan fingerprint density at radius 1 is 1.41 bits per heavy atom. The molecule has 94 valence electrons. The SMILES string of the molecule is COC(=O)CCCC(N)c1ccc(F)c(F)c1. The molecule has 0 aliphatic carbocycles. The van der Waals surface area contributed by atoms with Crippen molar-refractivity contribution in [3.63, 3.8) is 0 Å². The highest BCUT2D eigenvalue weighted by Gasteiger charge is 2.10. The molecule has 1 atom stereocenters. The Bertz CT molecular complexity index is 396. The molecule has 0 aromatic heterocycles. The molecule has 1 aromatic carbocycles. The van der Waals surface area contributed by atoms with Crippen molar-refractivity contribution in [2.75, 3.05) is 7.11 Å². The molecule has 0 aliphatic heterocycles. The molecular weight excluding hydrogens is 228 g/mol. The summed E-state index contributed by atoms with van der Waals surface area (Å²) in [6.45, 7) is 0. The second-order valence-corrected chi connectivity index (χ2v) is 3.75. The number of hydrogen-bond donors (Lipinski definition) is 1. The number of hydrogen-bond acceptors (Lipinski definition) is 3. The van der Waals surface area contributed by atoms with E-state index in [2.05, 4.69) is 4.74 Å². The zero-order chi connectivity index (χ0) is 12.8. The molecule has 0 aliphatic rings. The summed E-state index contributed by atoms with van der Waals surface area (Å²) in [5.41, 5.74) is 6.32. The molecule has 2 N–H and O–H groups in total. The van der Waals surface area contributed by atoms with E-state index in [1.807, 2.05) is 0 Å². The number of rotatable bonds is 5. The fraction of sp³-hybridized carbons (Fsp3) is 0.417. The minimum atomic E-state index is -0.911. The van der Waals surface area contributed by atoms with E-state index in [0.717, 1.165) is 12.1 Å². The summed E-state index contributed by atoms with van der Waals surface area (Å²) < 4.78 is 30.1. The van der Waals surface area contributed by atoms with Crippen LogP contribution in [0.3, 0.4) is 0 Å². The van der Waals surface area contributed by atoms with Gasteiger partial charge >= 0.3 is 5.97 Å². The lowest BCUT2D eigenvalue weighted by atomic mass is 10.0. The highest BCUT2D eigenvalue weighted by Crippen LogP contribution is 2.19. The van der Waals surface area contributed by atoms with Gasteiger partial charge in [0.25, 0.3) is 0 Å². The van der Waals surface area contributed by atoms with Gasteiger partial charge in [0.2, 0.25) is 0 Å². The zero-order valence-electron chi connectivity index (χ0n) is 9.58. The van der Waals surface area contributed by atoms with Gasteiger partial charge < -0.3 is 10.5 Å². The van der Waals surface area contributed by atoms with Crippen LogP contribution in [0.2, 0.25) is 0 Å². The molecule has 17 heavy (non-hydrogen) atoms. The largest absolute Gasteiger partial charge is 0.469 e. The molecule has 0 fully saturated rings. The van der Waals surface area contributed by atoms with Crippen LogP contribution in [0, 0.1) is 11.6 Å². The number of ether oxygens (including phenoxy) is 1. The minimum Gasteiger partial charge on any atom is -0.469 e. The van der Waals surface area contributed by atoms with Crippen LogP contribution in [0.5, 0.6) is 0 Å². The molecule has 1 unspecified atom stereocenters. The van der Waals surface area contributed by atoms with Gasteiger partial charge in [0.1, 0.15) is 0 Å². The topological polar surface area (TPSA) is 52.3 Å². The maximum absolute atomic E-state index is 12.9. The fourth-order valence-electron chi connectivity index (χ4n) is 1.48. The number of carbonyl (C=O) groups excluding carboxylic acids is 1. The number of methoxy groups -OCH3 is 1. The normalized spacial score (nSPS) is 12.2. The van der Waals surface area contributed by atoms with E-state index in [0.29, 0.717) is 18.4 Å². The lowest BCUT2D eigenvalue weighted by Crippen LogP contribution is -2.11. The van der Waals surface area contributed by atoms with Gasteiger partial charge in [-0.3, -0.25) is 4.79 Å². The van der Waals surface area contributed by atoms with E-state index < -0.39 is 17.7 Å². The van der Waals surface area contributed by atoms with Crippen molar-refractivity contribution < 1.29 is 18.3 Å². The number of nitrogens with two attached hydrogens (primary N) is 1. The first-order chi connectivity index (χ1) is 8.04. The van der Waals surface area contributed by atoms with Crippen LogP contribution in [-0.4, -0.2) is 13.1 Å². The maximum Gasteiger partial charge on any atom is 0.305 e.